The van der Waals surface area contributed by atoms with Crippen LogP contribution in [0.2, 0.25) is 0 Å². The Kier molecular flexibility index (Phi) is 8.04. The Hall–Kier alpha value is -4.14. The molecular formula is C33H34F4N6O3S. The molecule has 1 aromatic carbocycles. The van der Waals surface area contributed by atoms with E-state index in [2.05, 4.69) is 21.1 Å². The average molecular weight is 671 g/mol. The van der Waals surface area contributed by atoms with Crippen LogP contribution in [0.4, 0.5) is 17.6 Å². The highest BCUT2D eigenvalue weighted by molar-refractivity contribution is 7.98. The number of nitrogens with zero attached hydrogens (tertiary/aromatic N) is 6. The van der Waals surface area contributed by atoms with Crippen molar-refractivity contribution >= 4 is 27.4 Å². The minimum atomic E-state index is -4.69. The fourth-order valence-electron chi connectivity index (χ4n) is 6.63. The lowest BCUT2D eigenvalue weighted by Crippen LogP contribution is -2.53. The van der Waals surface area contributed by atoms with Crippen molar-refractivity contribution in [1.29, 1.82) is 0 Å². The van der Waals surface area contributed by atoms with Gasteiger partial charge in [0.25, 0.3) is 0 Å². The van der Waals surface area contributed by atoms with Crippen LogP contribution < -0.4 is 0 Å². The topological polar surface area (TPSA) is 106 Å². The summed E-state index contributed by atoms with van der Waals surface area (Å²) in [4.78, 5) is 18.7. The van der Waals surface area contributed by atoms with E-state index < -0.39 is 50.1 Å². The summed E-state index contributed by atoms with van der Waals surface area (Å²) in [6.07, 6.45) is 2.22. The minimum absolute atomic E-state index is 0.0617. The lowest BCUT2D eigenvalue weighted by molar-refractivity contribution is -0.137. The first kappa shape index (κ1) is 32.8. The Bertz CT molecular complexity index is 1980. The number of aromatic nitrogens is 5. The van der Waals surface area contributed by atoms with E-state index in [0.717, 1.165) is 18.3 Å². The van der Waals surface area contributed by atoms with Gasteiger partial charge in [-0.3, -0.25) is 14.5 Å². The molecule has 0 saturated heterocycles. The Balaban J connectivity index is 1.48. The standard InChI is InChI=1S/C33H34F4N6O3S/c1-31(2,45)20-42(47(4,46)29-12-14-41(3)40-29)26-8-5-22-16-28-21(19-39-43(28)25-9-6-24(34)7-10-25)17-32(22,18-26)30(44)27-15-23(11-13-38-27)33(35,36)37/h6-7,9-16,19,26,45H,4-5,8,17-18,20H2,1-3H3/t26-,32-,47?/m0/s1. The molecule has 4 aromatic rings. The van der Waals surface area contributed by atoms with Crippen LogP contribution >= 0.6 is 0 Å². The van der Waals surface area contributed by atoms with Crippen molar-refractivity contribution in [2.75, 3.05) is 6.54 Å². The summed E-state index contributed by atoms with van der Waals surface area (Å²) in [5, 5.41) is 20.0. The van der Waals surface area contributed by atoms with Gasteiger partial charge in [-0.1, -0.05) is 5.57 Å². The van der Waals surface area contributed by atoms with E-state index in [1.807, 2.05) is 6.08 Å². The molecule has 3 atom stereocenters. The second kappa shape index (κ2) is 11.5. The van der Waals surface area contributed by atoms with E-state index in [4.69, 9.17) is 0 Å². The van der Waals surface area contributed by atoms with Crippen LogP contribution in [0, 0.1) is 11.2 Å². The SMILES string of the molecule is C=S(=O)(c1ccn(C)n1)N(CC(C)(C)O)[C@H]1CCC2=Cc3c(cnn3-c3ccc(F)cc3)C[C@]2(C(=O)c2cc(C(F)(F)F)ccn2)C1. The monoisotopic (exact) mass is 670 g/mol. The number of carbonyl (C=O) groups is 1. The number of allylic oxidation sites excluding steroid dienone is 1. The van der Waals surface area contributed by atoms with E-state index in [1.165, 1.54) is 16.8 Å². The van der Waals surface area contributed by atoms with E-state index in [9.17, 15) is 31.7 Å². The second-order valence-corrected chi connectivity index (χ2v) is 15.0. The highest BCUT2D eigenvalue weighted by Gasteiger charge is 2.52. The molecule has 14 heteroatoms. The van der Waals surface area contributed by atoms with Gasteiger partial charge in [0.1, 0.15) is 11.5 Å². The number of hydrogen-bond donors (Lipinski definition) is 1. The van der Waals surface area contributed by atoms with Gasteiger partial charge in [-0.15, -0.1) is 0 Å². The first-order valence-electron chi connectivity index (χ1n) is 15.0. The van der Waals surface area contributed by atoms with Gasteiger partial charge in [0.05, 0.1) is 43.9 Å². The molecule has 1 saturated carbocycles. The predicted octanol–water partition coefficient (Wildman–Crippen LogP) is 5.28. The number of aliphatic hydroxyl groups is 1. The van der Waals surface area contributed by atoms with Crippen LogP contribution in [0.5, 0.6) is 0 Å². The van der Waals surface area contributed by atoms with E-state index in [1.54, 1.807) is 60.5 Å². The molecule has 0 bridgehead atoms. The van der Waals surface area contributed by atoms with Crippen LogP contribution in [0.3, 0.4) is 0 Å². The summed E-state index contributed by atoms with van der Waals surface area (Å²) < 4.78 is 74.1. The maximum atomic E-state index is 14.6. The zero-order chi connectivity index (χ0) is 33.9. The number of halogens is 4. The summed E-state index contributed by atoms with van der Waals surface area (Å²) in [6.45, 7) is 3.08. The number of fused-ring (bicyclic) bond motifs is 2. The molecule has 2 aliphatic rings. The first-order chi connectivity index (χ1) is 22.0. The third kappa shape index (κ3) is 6.17. The maximum absolute atomic E-state index is 14.6. The molecule has 47 heavy (non-hydrogen) atoms. The number of benzene rings is 1. The lowest BCUT2D eigenvalue weighted by Gasteiger charge is -2.48. The van der Waals surface area contributed by atoms with Gasteiger partial charge < -0.3 is 5.11 Å². The molecule has 1 N–H and O–H groups in total. The molecule has 0 aliphatic heterocycles. The van der Waals surface area contributed by atoms with Crippen LogP contribution in [-0.2, 0) is 29.4 Å². The molecule has 248 valence electrons. The highest BCUT2D eigenvalue weighted by Crippen LogP contribution is 2.51. The van der Waals surface area contributed by atoms with E-state index in [-0.39, 0.29) is 30.1 Å². The average Bonchev–Trinajstić information content (AvgIpc) is 3.64. The summed E-state index contributed by atoms with van der Waals surface area (Å²) >= 11 is 0. The number of pyridine rings is 1. The fourth-order valence-corrected chi connectivity index (χ4v) is 8.59. The van der Waals surface area contributed by atoms with Crippen molar-refractivity contribution in [2.45, 2.75) is 62.4 Å². The van der Waals surface area contributed by atoms with Gasteiger partial charge in [-0.05, 0) is 99.5 Å². The Morgan fingerprint density at radius 1 is 1.19 bits per heavy atom. The number of alkyl halides is 3. The molecular weight excluding hydrogens is 636 g/mol. The van der Waals surface area contributed by atoms with Crippen molar-refractivity contribution in [3.63, 3.8) is 0 Å². The Morgan fingerprint density at radius 2 is 1.91 bits per heavy atom. The van der Waals surface area contributed by atoms with Crippen molar-refractivity contribution in [3.8, 4) is 5.69 Å². The Morgan fingerprint density at radius 3 is 2.55 bits per heavy atom. The van der Waals surface area contributed by atoms with Gasteiger partial charge in [0.15, 0.2) is 10.8 Å². The summed E-state index contributed by atoms with van der Waals surface area (Å²) in [7, 11) is -1.61. The molecule has 3 aromatic heterocycles. The number of hydrogen-bond acceptors (Lipinski definition) is 6. The minimum Gasteiger partial charge on any atom is -0.389 e. The number of Topliss-reactive ketones (excluding diaryl/α,β-unsaturated/α-hetero) is 1. The molecule has 6 rings (SSSR count). The molecule has 9 nitrogen and oxygen atoms in total. The molecule has 3 heterocycles. The smallest absolute Gasteiger partial charge is 0.389 e. The van der Waals surface area contributed by atoms with Gasteiger partial charge in [-0.2, -0.15) is 23.4 Å². The number of carbonyl (C=O) groups excluding carboxylic acids is 1. The van der Waals surface area contributed by atoms with Gasteiger partial charge in [-0.25, -0.2) is 17.6 Å². The lowest BCUT2D eigenvalue weighted by atomic mass is 9.60. The molecule has 1 unspecified atom stereocenters. The summed E-state index contributed by atoms with van der Waals surface area (Å²) in [6, 6.07) is 8.36. The van der Waals surface area contributed by atoms with E-state index in [0.29, 0.717) is 35.4 Å². The fraction of sp³-hybridized carbons (Fsp3) is 0.364. The molecule has 0 radical (unpaired) electrons. The quantitative estimate of drug-likeness (QED) is 0.155. The number of aryl methyl sites for hydroxylation is 1. The number of ketones is 1. The zero-order valence-electron chi connectivity index (χ0n) is 26.0. The van der Waals surface area contributed by atoms with Gasteiger partial charge >= 0.3 is 6.18 Å². The molecule has 1 fully saturated rings. The molecule has 2 aliphatic carbocycles. The number of rotatable bonds is 8. The third-order valence-electron chi connectivity index (χ3n) is 8.81. The highest BCUT2D eigenvalue weighted by atomic mass is 32.2. The Labute approximate surface area is 269 Å². The van der Waals surface area contributed by atoms with Crippen molar-refractivity contribution in [1.82, 2.24) is 28.9 Å². The maximum Gasteiger partial charge on any atom is 0.416 e. The first-order valence-corrected chi connectivity index (χ1v) is 16.6. The van der Waals surface area contributed by atoms with Gasteiger partial charge in [0, 0.05) is 32.0 Å². The predicted molar refractivity (Wildman–Crippen MR) is 169 cm³/mol. The van der Waals surface area contributed by atoms with Crippen LogP contribution in [0.25, 0.3) is 11.8 Å². The second-order valence-electron chi connectivity index (χ2n) is 12.9. The largest absolute Gasteiger partial charge is 0.416 e. The summed E-state index contributed by atoms with van der Waals surface area (Å²) in [5.41, 5.74) is -1.42. The third-order valence-corrected chi connectivity index (χ3v) is 10.9. The van der Waals surface area contributed by atoms with E-state index >= 15 is 0 Å². The van der Waals surface area contributed by atoms with Crippen LogP contribution in [0.15, 0.2) is 71.7 Å². The zero-order valence-corrected chi connectivity index (χ0v) is 26.9. The van der Waals surface area contributed by atoms with Crippen molar-refractivity contribution in [2.24, 2.45) is 12.5 Å². The van der Waals surface area contributed by atoms with Gasteiger partial charge in [0.2, 0.25) is 0 Å². The molecule has 0 spiro atoms. The molecule has 0 amide bonds. The van der Waals surface area contributed by atoms with Crippen molar-refractivity contribution in [3.05, 3.63) is 95.0 Å². The van der Waals surface area contributed by atoms with Crippen LogP contribution in [-0.4, -0.2) is 68.0 Å². The van der Waals surface area contributed by atoms with Crippen LogP contribution in [0.1, 0.15) is 60.4 Å². The normalized spacial score (nSPS) is 21.1. The summed E-state index contributed by atoms with van der Waals surface area (Å²) in [5.74, 6) is 3.04. The van der Waals surface area contributed by atoms with Crippen molar-refractivity contribution < 1.29 is 31.7 Å².